The van der Waals surface area contributed by atoms with Gasteiger partial charge in [-0.05, 0) is 32.0 Å². The summed E-state index contributed by atoms with van der Waals surface area (Å²) in [4.78, 5) is 24.3. The Bertz CT molecular complexity index is 882. The second-order valence-electron chi connectivity index (χ2n) is 5.54. The first-order valence-electron chi connectivity index (χ1n) is 8.22. The highest BCUT2D eigenvalue weighted by Crippen LogP contribution is 2.24. The molecule has 2 N–H and O–H groups in total. The standard InChI is InChI=1S/C18H19ClN4O4/c1-3-22(4-2)13-6-5-12(17(24)10-13)11-20-21-18(25)15-8-7-14(23(26)27)9-16(15)19/h5-11,24H,3-4H2,1-2H3,(H,21,25)/b20-11+. The maximum absolute atomic E-state index is 12.1. The lowest BCUT2D eigenvalue weighted by molar-refractivity contribution is -0.384. The highest BCUT2D eigenvalue weighted by molar-refractivity contribution is 6.34. The van der Waals surface area contributed by atoms with Crippen molar-refractivity contribution in [2.75, 3.05) is 18.0 Å². The van der Waals surface area contributed by atoms with E-state index in [9.17, 15) is 20.0 Å². The van der Waals surface area contributed by atoms with Crippen LogP contribution in [-0.2, 0) is 0 Å². The number of anilines is 1. The summed E-state index contributed by atoms with van der Waals surface area (Å²) in [5, 5.41) is 24.6. The zero-order chi connectivity index (χ0) is 20.0. The van der Waals surface area contributed by atoms with Gasteiger partial charge in [0.05, 0.1) is 21.7 Å². The summed E-state index contributed by atoms with van der Waals surface area (Å²) < 4.78 is 0. The van der Waals surface area contributed by atoms with E-state index in [1.165, 1.54) is 18.3 Å². The number of aromatic hydroxyl groups is 1. The predicted molar refractivity (Wildman–Crippen MR) is 105 cm³/mol. The van der Waals surface area contributed by atoms with E-state index in [1.54, 1.807) is 12.1 Å². The smallest absolute Gasteiger partial charge is 0.272 e. The molecule has 9 heteroatoms. The average Bonchev–Trinajstić information content (AvgIpc) is 2.64. The number of nitro benzene ring substituents is 1. The minimum atomic E-state index is -0.620. The number of carbonyl (C=O) groups excluding carboxylic acids is 1. The molecular formula is C18H19ClN4O4. The molecule has 0 aliphatic carbocycles. The van der Waals surface area contributed by atoms with Gasteiger partial charge in [0, 0.05) is 42.5 Å². The first-order chi connectivity index (χ1) is 12.9. The lowest BCUT2D eigenvalue weighted by Gasteiger charge is -2.21. The Balaban J connectivity index is 2.09. The van der Waals surface area contributed by atoms with Crippen molar-refractivity contribution in [3.63, 3.8) is 0 Å². The van der Waals surface area contributed by atoms with Crippen LogP contribution >= 0.6 is 11.6 Å². The topological polar surface area (TPSA) is 108 Å². The summed E-state index contributed by atoms with van der Waals surface area (Å²) in [6.07, 6.45) is 1.30. The second kappa shape index (κ2) is 9.00. The fraction of sp³-hybridized carbons (Fsp3) is 0.222. The van der Waals surface area contributed by atoms with Crippen molar-refractivity contribution in [1.82, 2.24) is 5.43 Å². The number of nitro groups is 1. The molecule has 1 amide bonds. The highest BCUT2D eigenvalue weighted by atomic mass is 35.5. The summed E-state index contributed by atoms with van der Waals surface area (Å²) >= 11 is 5.90. The number of nitrogens with one attached hydrogen (secondary N) is 1. The minimum absolute atomic E-state index is 0.0331. The van der Waals surface area contributed by atoms with Crippen LogP contribution in [0.5, 0.6) is 5.75 Å². The quantitative estimate of drug-likeness (QED) is 0.427. The van der Waals surface area contributed by atoms with Gasteiger partial charge in [-0.2, -0.15) is 5.10 Å². The van der Waals surface area contributed by atoms with Gasteiger partial charge in [-0.1, -0.05) is 11.6 Å². The summed E-state index contributed by atoms with van der Waals surface area (Å²) in [7, 11) is 0. The number of rotatable bonds is 7. The van der Waals surface area contributed by atoms with E-state index in [-0.39, 0.29) is 22.0 Å². The molecule has 0 unspecified atom stereocenters. The zero-order valence-corrected chi connectivity index (χ0v) is 15.6. The van der Waals surface area contributed by atoms with E-state index < -0.39 is 10.8 Å². The van der Waals surface area contributed by atoms with Crippen LogP contribution in [0.15, 0.2) is 41.5 Å². The van der Waals surface area contributed by atoms with Crippen molar-refractivity contribution in [3.8, 4) is 5.75 Å². The molecule has 142 valence electrons. The van der Waals surface area contributed by atoms with E-state index in [0.717, 1.165) is 24.8 Å². The first-order valence-corrected chi connectivity index (χ1v) is 8.60. The number of hydrazone groups is 1. The number of nitrogens with zero attached hydrogens (tertiary/aromatic N) is 3. The van der Waals surface area contributed by atoms with E-state index in [1.807, 2.05) is 19.9 Å². The SMILES string of the molecule is CCN(CC)c1ccc(/C=N/NC(=O)c2ccc([N+](=O)[O-])cc2Cl)c(O)c1. The number of halogens is 1. The number of benzene rings is 2. The molecule has 0 aliphatic heterocycles. The molecule has 0 bridgehead atoms. The average molecular weight is 391 g/mol. The lowest BCUT2D eigenvalue weighted by Crippen LogP contribution is -2.21. The summed E-state index contributed by atoms with van der Waals surface area (Å²) in [5.74, 6) is -0.587. The molecule has 0 heterocycles. The van der Waals surface area contributed by atoms with Gasteiger partial charge in [-0.3, -0.25) is 14.9 Å². The van der Waals surface area contributed by atoms with Crippen molar-refractivity contribution in [2.24, 2.45) is 5.10 Å². The molecular weight excluding hydrogens is 372 g/mol. The molecule has 2 rings (SSSR count). The van der Waals surface area contributed by atoms with Gasteiger partial charge in [0.2, 0.25) is 0 Å². The number of phenolic OH excluding ortho intramolecular Hbond substituents is 1. The van der Waals surface area contributed by atoms with Gasteiger partial charge in [-0.15, -0.1) is 0 Å². The summed E-state index contributed by atoms with van der Waals surface area (Å²) in [6, 6.07) is 8.70. The lowest BCUT2D eigenvalue weighted by atomic mass is 10.2. The zero-order valence-electron chi connectivity index (χ0n) is 14.8. The number of carbonyl (C=O) groups is 1. The Kier molecular flexibility index (Phi) is 6.73. The highest BCUT2D eigenvalue weighted by Gasteiger charge is 2.14. The molecule has 2 aromatic rings. The van der Waals surface area contributed by atoms with Crippen molar-refractivity contribution in [3.05, 3.63) is 62.7 Å². The number of amides is 1. The largest absolute Gasteiger partial charge is 0.507 e. The van der Waals surface area contributed by atoms with E-state index in [2.05, 4.69) is 15.4 Å². The molecule has 0 atom stereocenters. The molecule has 0 fully saturated rings. The van der Waals surface area contributed by atoms with E-state index >= 15 is 0 Å². The van der Waals surface area contributed by atoms with E-state index in [0.29, 0.717) is 5.56 Å². The molecule has 8 nitrogen and oxygen atoms in total. The second-order valence-corrected chi connectivity index (χ2v) is 5.94. The van der Waals surface area contributed by atoms with Crippen molar-refractivity contribution in [2.45, 2.75) is 13.8 Å². The minimum Gasteiger partial charge on any atom is -0.507 e. The molecule has 0 saturated heterocycles. The third kappa shape index (κ3) is 4.95. The Hall–Kier alpha value is -3.13. The number of hydrogen-bond acceptors (Lipinski definition) is 6. The predicted octanol–water partition coefficient (Wildman–Crippen LogP) is 3.56. The van der Waals surface area contributed by atoms with Gasteiger partial charge in [0.1, 0.15) is 5.75 Å². The Morgan fingerprint density at radius 1 is 1.30 bits per heavy atom. The van der Waals surface area contributed by atoms with Crippen LogP contribution in [0, 0.1) is 10.1 Å². The molecule has 0 saturated carbocycles. The van der Waals surface area contributed by atoms with Crippen LogP contribution < -0.4 is 10.3 Å². The Morgan fingerprint density at radius 3 is 2.56 bits per heavy atom. The fourth-order valence-electron chi connectivity index (χ4n) is 2.45. The van der Waals surface area contributed by atoms with Crippen molar-refractivity contribution in [1.29, 1.82) is 0 Å². The maximum Gasteiger partial charge on any atom is 0.272 e. The normalized spacial score (nSPS) is 10.8. The monoisotopic (exact) mass is 390 g/mol. The number of non-ortho nitro benzene ring substituents is 1. The van der Waals surface area contributed by atoms with Gasteiger partial charge in [-0.25, -0.2) is 5.43 Å². The van der Waals surface area contributed by atoms with E-state index in [4.69, 9.17) is 11.6 Å². The van der Waals surface area contributed by atoms with Crippen molar-refractivity contribution >= 4 is 35.1 Å². The van der Waals surface area contributed by atoms with Crippen LogP contribution in [0.2, 0.25) is 5.02 Å². The van der Waals surface area contributed by atoms with Crippen LogP contribution in [-0.4, -0.2) is 35.2 Å². The maximum atomic E-state index is 12.1. The third-order valence-electron chi connectivity index (χ3n) is 3.92. The Labute approximate surface area is 161 Å². The molecule has 0 spiro atoms. The molecule has 0 radical (unpaired) electrons. The Morgan fingerprint density at radius 2 is 2.00 bits per heavy atom. The van der Waals surface area contributed by atoms with Gasteiger partial charge in [0.25, 0.3) is 11.6 Å². The van der Waals surface area contributed by atoms with Crippen LogP contribution in [0.4, 0.5) is 11.4 Å². The first kappa shape index (κ1) is 20.2. The van der Waals surface area contributed by atoms with Gasteiger partial charge in [0.15, 0.2) is 0 Å². The number of phenols is 1. The van der Waals surface area contributed by atoms with Gasteiger partial charge >= 0.3 is 0 Å². The number of hydrogen-bond donors (Lipinski definition) is 2. The van der Waals surface area contributed by atoms with Crippen molar-refractivity contribution < 1.29 is 14.8 Å². The summed E-state index contributed by atoms with van der Waals surface area (Å²) in [6.45, 7) is 5.68. The molecule has 27 heavy (non-hydrogen) atoms. The molecule has 0 aliphatic rings. The van der Waals surface area contributed by atoms with Crippen LogP contribution in [0.1, 0.15) is 29.8 Å². The fourth-order valence-corrected chi connectivity index (χ4v) is 2.71. The third-order valence-corrected chi connectivity index (χ3v) is 4.23. The van der Waals surface area contributed by atoms with Gasteiger partial charge < -0.3 is 10.0 Å². The summed E-state index contributed by atoms with van der Waals surface area (Å²) in [5.41, 5.74) is 3.44. The molecule has 0 aromatic heterocycles. The van der Waals surface area contributed by atoms with Crippen LogP contribution in [0.25, 0.3) is 0 Å². The molecule has 2 aromatic carbocycles. The van der Waals surface area contributed by atoms with Crippen LogP contribution in [0.3, 0.4) is 0 Å².